The van der Waals surface area contributed by atoms with Crippen LogP contribution < -0.4 is 0 Å². The second kappa shape index (κ2) is 9.10. The first-order valence-electron chi connectivity index (χ1n) is 10.1. The molecule has 1 saturated heterocycles. The molecule has 1 fully saturated rings. The summed E-state index contributed by atoms with van der Waals surface area (Å²) in [5, 5.41) is 0.233. The molecule has 0 amide bonds. The van der Waals surface area contributed by atoms with E-state index in [0.29, 0.717) is 5.92 Å². The summed E-state index contributed by atoms with van der Waals surface area (Å²) in [5.41, 5.74) is 1.30. The van der Waals surface area contributed by atoms with Crippen LogP contribution in [0.2, 0.25) is 0 Å². The summed E-state index contributed by atoms with van der Waals surface area (Å²) < 4.78 is 58.6. The van der Waals surface area contributed by atoms with Crippen molar-refractivity contribution >= 4 is 21.4 Å². The third-order valence-electron chi connectivity index (χ3n) is 5.63. The van der Waals surface area contributed by atoms with Crippen molar-refractivity contribution in [3.63, 3.8) is 0 Å². The molecule has 5 nitrogen and oxygen atoms in total. The third kappa shape index (κ3) is 4.99. The number of nitrogens with zero attached hydrogens (tertiary/aromatic N) is 3. The number of piperidine rings is 1. The summed E-state index contributed by atoms with van der Waals surface area (Å²) in [5.74, 6) is -1.73. The van der Waals surface area contributed by atoms with Gasteiger partial charge in [0.25, 0.3) is 0 Å². The summed E-state index contributed by atoms with van der Waals surface area (Å²) in [6.45, 7) is 3.12. The Morgan fingerprint density at radius 2 is 1.90 bits per heavy atom. The highest BCUT2D eigenvalue weighted by molar-refractivity contribution is 7.90. The number of aromatic nitrogens is 2. The third-order valence-corrected chi connectivity index (χ3v) is 8.11. The average Bonchev–Trinajstić information content (AvgIpc) is 3.23. The van der Waals surface area contributed by atoms with E-state index in [-0.39, 0.29) is 23.2 Å². The Labute approximate surface area is 184 Å². The van der Waals surface area contributed by atoms with Crippen LogP contribution in [0.1, 0.15) is 41.9 Å². The first kappa shape index (κ1) is 22.0. The monoisotopic (exact) mass is 463 g/mol. The molecule has 0 saturated carbocycles. The maximum Gasteiger partial charge on any atom is 0.187 e. The minimum absolute atomic E-state index is 0.112. The number of benzene rings is 2. The van der Waals surface area contributed by atoms with Crippen LogP contribution in [-0.2, 0) is 22.1 Å². The van der Waals surface area contributed by atoms with Crippen molar-refractivity contribution in [2.45, 2.75) is 43.0 Å². The number of halogens is 2. The van der Waals surface area contributed by atoms with Crippen LogP contribution in [0, 0.1) is 17.6 Å². The van der Waals surface area contributed by atoms with Crippen LogP contribution in [0.3, 0.4) is 0 Å². The number of hydrogen-bond donors (Lipinski definition) is 0. The van der Waals surface area contributed by atoms with Gasteiger partial charge in [-0.1, -0.05) is 37.3 Å². The smallest absolute Gasteiger partial charge is 0.187 e. The van der Waals surface area contributed by atoms with Crippen LogP contribution in [0.5, 0.6) is 0 Å². The fraction of sp³-hybridized carbons (Fsp3) is 0.364. The van der Waals surface area contributed by atoms with Crippen molar-refractivity contribution in [1.29, 1.82) is 0 Å². The van der Waals surface area contributed by atoms with E-state index in [1.807, 2.05) is 30.3 Å². The van der Waals surface area contributed by atoms with E-state index >= 15 is 0 Å². The predicted octanol–water partition coefficient (Wildman–Crippen LogP) is 4.76. The van der Waals surface area contributed by atoms with E-state index in [9.17, 15) is 17.2 Å². The fourth-order valence-corrected chi connectivity index (χ4v) is 6.30. The molecule has 0 N–H and O–H groups in total. The van der Waals surface area contributed by atoms with Gasteiger partial charge in [-0.05, 0) is 48.0 Å². The summed E-state index contributed by atoms with van der Waals surface area (Å²) in [6, 6.07) is 11.9. The zero-order chi connectivity index (χ0) is 22.0. The SMILES string of the molecule is C[C@H]1CC[C@@H](c2ccccc2)N(Cc2cc(F)c(S(=O)(=O)Cc3ncns3)cc2F)C1. The van der Waals surface area contributed by atoms with Crippen molar-refractivity contribution in [1.82, 2.24) is 14.3 Å². The lowest BCUT2D eigenvalue weighted by molar-refractivity contribution is 0.105. The van der Waals surface area contributed by atoms with Crippen LogP contribution in [0.4, 0.5) is 8.78 Å². The van der Waals surface area contributed by atoms with Gasteiger partial charge in [-0.3, -0.25) is 4.90 Å². The van der Waals surface area contributed by atoms with E-state index in [4.69, 9.17) is 0 Å². The molecule has 0 aliphatic carbocycles. The minimum Gasteiger partial charge on any atom is -0.292 e. The molecule has 3 aromatic rings. The number of sulfone groups is 1. The van der Waals surface area contributed by atoms with Crippen LogP contribution in [-0.4, -0.2) is 29.2 Å². The van der Waals surface area contributed by atoms with Crippen molar-refractivity contribution in [3.8, 4) is 0 Å². The first-order valence-corrected chi connectivity index (χ1v) is 12.5. The Bertz CT molecular complexity index is 1140. The van der Waals surface area contributed by atoms with Gasteiger partial charge < -0.3 is 0 Å². The van der Waals surface area contributed by atoms with Gasteiger partial charge >= 0.3 is 0 Å². The molecule has 1 aliphatic heterocycles. The predicted molar refractivity (Wildman–Crippen MR) is 115 cm³/mol. The highest BCUT2D eigenvalue weighted by Gasteiger charge is 2.29. The maximum absolute atomic E-state index is 14.9. The molecule has 4 rings (SSSR count). The second-order valence-electron chi connectivity index (χ2n) is 8.01. The van der Waals surface area contributed by atoms with Crippen molar-refractivity contribution in [3.05, 3.63) is 76.6 Å². The molecule has 1 aliphatic rings. The molecule has 9 heteroatoms. The molecule has 1 aromatic heterocycles. The summed E-state index contributed by atoms with van der Waals surface area (Å²) in [4.78, 5) is 5.33. The van der Waals surface area contributed by atoms with Gasteiger partial charge in [0.1, 0.15) is 33.6 Å². The molecule has 2 aromatic carbocycles. The largest absolute Gasteiger partial charge is 0.292 e. The Hall–Kier alpha value is -2.23. The van der Waals surface area contributed by atoms with E-state index in [0.717, 1.165) is 48.6 Å². The second-order valence-corrected chi connectivity index (χ2v) is 10.8. The molecule has 31 heavy (non-hydrogen) atoms. The molecule has 2 atom stereocenters. The number of hydrogen-bond acceptors (Lipinski definition) is 6. The van der Waals surface area contributed by atoms with E-state index < -0.39 is 32.1 Å². The molecule has 164 valence electrons. The Kier molecular flexibility index (Phi) is 6.45. The van der Waals surface area contributed by atoms with Crippen molar-refractivity contribution < 1.29 is 17.2 Å². The summed E-state index contributed by atoms with van der Waals surface area (Å²) >= 11 is 0.916. The van der Waals surface area contributed by atoms with Crippen LogP contribution in [0.15, 0.2) is 53.7 Å². The maximum atomic E-state index is 14.9. The first-order chi connectivity index (χ1) is 14.8. The molecule has 0 unspecified atom stereocenters. The van der Waals surface area contributed by atoms with Crippen molar-refractivity contribution in [2.75, 3.05) is 6.54 Å². The summed E-state index contributed by atoms with van der Waals surface area (Å²) in [6.07, 6.45) is 3.23. The normalized spacial score (nSPS) is 20.1. The highest BCUT2D eigenvalue weighted by atomic mass is 32.2. The average molecular weight is 464 g/mol. The van der Waals surface area contributed by atoms with Gasteiger partial charge in [0.2, 0.25) is 0 Å². The van der Waals surface area contributed by atoms with Gasteiger partial charge in [-0.2, -0.15) is 4.37 Å². The van der Waals surface area contributed by atoms with Gasteiger partial charge in [0, 0.05) is 24.7 Å². The molecule has 0 radical (unpaired) electrons. The number of likely N-dealkylation sites (tertiary alicyclic amines) is 1. The lowest BCUT2D eigenvalue weighted by Crippen LogP contribution is -2.37. The topological polar surface area (TPSA) is 63.2 Å². The Morgan fingerprint density at radius 1 is 1.13 bits per heavy atom. The summed E-state index contributed by atoms with van der Waals surface area (Å²) in [7, 11) is -4.07. The molecule has 0 bridgehead atoms. The highest BCUT2D eigenvalue weighted by Crippen LogP contribution is 2.35. The van der Waals surface area contributed by atoms with Crippen LogP contribution in [0.25, 0.3) is 0 Å². The van der Waals surface area contributed by atoms with E-state index in [1.165, 1.54) is 6.33 Å². The Balaban J connectivity index is 1.60. The Morgan fingerprint density at radius 3 is 2.61 bits per heavy atom. The molecular formula is C22H23F2N3O2S2. The van der Waals surface area contributed by atoms with Gasteiger partial charge in [0.15, 0.2) is 9.84 Å². The minimum atomic E-state index is -4.07. The quantitative estimate of drug-likeness (QED) is 0.527. The fourth-order valence-electron chi connectivity index (χ4n) is 4.12. The van der Waals surface area contributed by atoms with Crippen molar-refractivity contribution in [2.24, 2.45) is 5.92 Å². The van der Waals surface area contributed by atoms with E-state index in [2.05, 4.69) is 21.2 Å². The standard InChI is InChI=1S/C22H23F2N3O2S2/c1-15-7-8-20(16-5-3-2-4-6-16)27(11-15)12-17-9-19(24)21(10-18(17)23)31(28,29)13-22-25-14-26-30-22/h2-6,9-10,14-15,20H,7-8,11-13H2,1H3/t15-,20-/m0/s1. The molecular weight excluding hydrogens is 440 g/mol. The van der Waals surface area contributed by atoms with Gasteiger partial charge in [-0.15, -0.1) is 0 Å². The zero-order valence-electron chi connectivity index (χ0n) is 17.0. The van der Waals surface area contributed by atoms with Crippen LogP contribution >= 0.6 is 11.5 Å². The lowest BCUT2D eigenvalue weighted by atomic mass is 9.89. The molecule has 2 heterocycles. The lowest BCUT2D eigenvalue weighted by Gasteiger charge is -2.39. The molecule has 0 spiro atoms. The van der Waals surface area contributed by atoms with E-state index in [1.54, 1.807) is 0 Å². The van der Waals surface area contributed by atoms with Gasteiger partial charge in [-0.25, -0.2) is 22.2 Å². The zero-order valence-corrected chi connectivity index (χ0v) is 18.7. The number of rotatable bonds is 6. The van der Waals surface area contributed by atoms with Gasteiger partial charge in [0.05, 0.1) is 0 Å².